The second-order valence-corrected chi connectivity index (χ2v) is 6.96. The van der Waals surface area contributed by atoms with E-state index in [9.17, 15) is 0 Å². The van der Waals surface area contributed by atoms with Gasteiger partial charge in [-0.15, -0.1) is 22.7 Å². The van der Waals surface area contributed by atoms with Crippen molar-refractivity contribution in [1.29, 1.82) is 0 Å². The lowest BCUT2D eigenvalue weighted by Crippen LogP contribution is -2.21. The standard InChI is InChI=1S/C12H13ClN2S2/c1-14-7-3-2-4-8-11(7)15-12(17-8)9-5-6-10(13)16-9/h5-7,14H,2-4H2,1H3. The highest BCUT2D eigenvalue weighted by atomic mass is 35.5. The molecule has 0 aliphatic heterocycles. The molecule has 0 radical (unpaired) electrons. The summed E-state index contributed by atoms with van der Waals surface area (Å²) in [6, 6.07) is 4.43. The third-order valence-corrected chi connectivity index (χ3v) is 5.62. The summed E-state index contributed by atoms with van der Waals surface area (Å²) in [4.78, 5) is 7.42. The van der Waals surface area contributed by atoms with Gasteiger partial charge in [0.1, 0.15) is 5.01 Å². The molecule has 0 amide bonds. The molecule has 0 aromatic carbocycles. The topological polar surface area (TPSA) is 24.9 Å². The Kier molecular flexibility index (Phi) is 3.21. The van der Waals surface area contributed by atoms with Gasteiger partial charge in [0.2, 0.25) is 0 Å². The average molecular weight is 285 g/mol. The molecule has 90 valence electrons. The van der Waals surface area contributed by atoms with Crippen molar-refractivity contribution < 1.29 is 0 Å². The molecule has 0 spiro atoms. The van der Waals surface area contributed by atoms with E-state index >= 15 is 0 Å². The first kappa shape index (κ1) is 11.7. The highest BCUT2D eigenvalue weighted by Gasteiger charge is 2.24. The molecule has 1 unspecified atom stereocenters. The maximum Gasteiger partial charge on any atom is 0.134 e. The van der Waals surface area contributed by atoms with Gasteiger partial charge < -0.3 is 5.32 Å². The fourth-order valence-corrected chi connectivity index (χ4v) is 4.50. The van der Waals surface area contributed by atoms with E-state index < -0.39 is 0 Å². The first-order valence-electron chi connectivity index (χ1n) is 5.70. The Hall–Kier alpha value is -0.420. The van der Waals surface area contributed by atoms with E-state index in [0.29, 0.717) is 6.04 Å². The van der Waals surface area contributed by atoms with Crippen LogP contribution in [0, 0.1) is 0 Å². The van der Waals surface area contributed by atoms with Crippen molar-refractivity contribution in [3.05, 3.63) is 27.0 Å². The van der Waals surface area contributed by atoms with Crippen molar-refractivity contribution in [2.75, 3.05) is 7.05 Å². The summed E-state index contributed by atoms with van der Waals surface area (Å²) in [6.07, 6.45) is 3.62. The number of aryl methyl sites for hydroxylation is 1. The molecular weight excluding hydrogens is 272 g/mol. The number of fused-ring (bicyclic) bond motifs is 1. The summed E-state index contributed by atoms with van der Waals surface area (Å²) in [5.41, 5.74) is 1.25. The zero-order valence-corrected chi connectivity index (χ0v) is 11.9. The summed E-state index contributed by atoms with van der Waals surface area (Å²) >= 11 is 9.40. The predicted octanol–water partition coefficient (Wildman–Crippen LogP) is 4.12. The lowest BCUT2D eigenvalue weighted by atomic mass is 9.98. The molecule has 1 aliphatic rings. The monoisotopic (exact) mass is 284 g/mol. The minimum atomic E-state index is 0.430. The molecule has 0 saturated heterocycles. The number of nitrogens with one attached hydrogen (secondary N) is 1. The summed E-state index contributed by atoms with van der Waals surface area (Å²) in [6.45, 7) is 0. The number of rotatable bonds is 2. The van der Waals surface area contributed by atoms with Gasteiger partial charge in [0.15, 0.2) is 0 Å². The van der Waals surface area contributed by atoms with E-state index in [4.69, 9.17) is 16.6 Å². The third-order valence-electron chi connectivity index (χ3n) is 3.09. The molecule has 2 nitrogen and oxygen atoms in total. The van der Waals surface area contributed by atoms with Gasteiger partial charge in [0.05, 0.1) is 20.9 Å². The number of halogens is 1. The van der Waals surface area contributed by atoms with Crippen molar-refractivity contribution in [3.63, 3.8) is 0 Å². The van der Waals surface area contributed by atoms with Crippen molar-refractivity contribution in [2.45, 2.75) is 25.3 Å². The van der Waals surface area contributed by atoms with Gasteiger partial charge in [-0.25, -0.2) is 4.98 Å². The van der Waals surface area contributed by atoms with Gasteiger partial charge in [0.25, 0.3) is 0 Å². The lowest BCUT2D eigenvalue weighted by Gasteiger charge is -2.19. The molecule has 0 saturated carbocycles. The molecule has 17 heavy (non-hydrogen) atoms. The molecule has 3 rings (SSSR count). The zero-order chi connectivity index (χ0) is 11.8. The molecular formula is C12H13ClN2S2. The van der Waals surface area contributed by atoms with Crippen molar-refractivity contribution >= 4 is 34.3 Å². The van der Waals surface area contributed by atoms with Crippen molar-refractivity contribution in [3.8, 4) is 9.88 Å². The van der Waals surface area contributed by atoms with E-state index in [1.807, 2.05) is 24.5 Å². The number of hydrogen-bond acceptors (Lipinski definition) is 4. The second kappa shape index (κ2) is 4.69. The van der Waals surface area contributed by atoms with E-state index in [1.54, 1.807) is 11.3 Å². The molecule has 0 bridgehead atoms. The highest BCUT2D eigenvalue weighted by Crippen LogP contribution is 2.39. The van der Waals surface area contributed by atoms with Crippen LogP contribution in [0.4, 0.5) is 0 Å². The Morgan fingerprint density at radius 2 is 2.29 bits per heavy atom. The van der Waals surface area contributed by atoms with Gasteiger partial charge in [-0.1, -0.05) is 11.6 Å². The first-order chi connectivity index (χ1) is 8.28. The molecule has 0 fully saturated rings. The van der Waals surface area contributed by atoms with Crippen LogP contribution in [0.25, 0.3) is 9.88 Å². The minimum Gasteiger partial charge on any atom is -0.312 e. The van der Waals surface area contributed by atoms with Crippen molar-refractivity contribution in [1.82, 2.24) is 10.3 Å². The fourth-order valence-electron chi connectivity index (χ4n) is 2.23. The Bertz CT molecular complexity index is 532. The van der Waals surface area contributed by atoms with Gasteiger partial charge in [0, 0.05) is 4.88 Å². The summed E-state index contributed by atoms with van der Waals surface area (Å²) in [5, 5.41) is 4.47. The van der Waals surface area contributed by atoms with Crippen LogP contribution in [0.2, 0.25) is 4.34 Å². The molecule has 1 atom stereocenters. The van der Waals surface area contributed by atoms with E-state index in [2.05, 4.69) is 11.4 Å². The van der Waals surface area contributed by atoms with Crippen LogP contribution in [0.15, 0.2) is 12.1 Å². The molecule has 1 aliphatic carbocycles. The largest absolute Gasteiger partial charge is 0.312 e. The van der Waals surface area contributed by atoms with E-state index in [1.165, 1.54) is 34.7 Å². The third kappa shape index (κ3) is 2.15. The number of hydrogen-bond donors (Lipinski definition) is 1. The molecule has 5 heteroatoms. The van der Waals surface area contributed by atoms with Gasteiger partial charge in [-0.05, 0) is 38.4 Å². The van der Waals surface area contributed by atoms with Crippen LogP contribution in [-0.2, 0) is 6.42 Å². The average Bonchev–Trinajstić information content (AvgIpc) is 2.93. The van der Waals surface area contributed by atoms with E-state index in [0.717, 1.165) is 9.34 Å². The Labute approximate surface area is 114 Å². The van der Waals surface area contributed by atoms with Crippen LogP contribution in [0.3, 0.4) is 0 Å². The lowest BCUT2D eigenvalue weighted by molar-refractivity contribution is 0.490. The van der Waals surface area contributed by atoms with Crippen LogP contribution in [0.5, 0.6) is 0 Å². The maximum atomic E-state index is 5.98. The van der Waals surface area contributed by atoms with Crippen molar-refractivity contribution in [2.24, 2.45) is 0 Å². The summed E-state index contributed by atoms with van der Waals surface area (Å²) in [7, 11) is 2.01. The van der Waals surface area contributed by atoms with Gasteiger partial charge in [-0.2, -0.15) is 0 Å². The van der Waals surface area contributed by atoms with Crippen LogP contribution >= 0.6 is 34.3 Å². The number of thiazole rings is 1. The number of aromatic nitrogens is 1. The number of thiophene rings is 1. The number of nitrogens with zero attached hydrogens (tertiary/aromatic N) is 1. The Morgan fingerprint density at radius 1 is 1.41 bits per heavy atom. The zero-order valence-electron chi connectivity index (χ0n) is 9.50. The highest BCUT2D eigenvalue weighted by molar-refractivity contribution is 7.23. The Balaban J connectivity index is 2.01. The molecule has 2 heterocycles. The summed E-state index contributed by atoms with van der Waals surface area (Å²) < 4.78 is 0.832. The quantitative estimate of drug-likeness (QED) is 0.897. The van der Waals surface area contributed by atoms with E-state index in [-0.39, 0.29) is 0 Å². The summed E-state index contributed by atoms with van der Waals surface area (Å²) in [5.74, 6) is 0. The van der Waals surface area contributed by atoms with Gasteiger partial charge in [-0.3, -0.25) is 0 Å². The molecule has 1 N–H and O–H groups in total. The normalized spacial score (nSPS) is 19.3. The SMILES string of the molecule is CNC1CCCc2sc(-c3ccc(Cl)s3)nc21. The van der Waals surface area contributed by atoms with Crippen LogP contribution < -0.4 is 5.32 Å². The molecule has 2 aromatic heterocycles. The molecule has 2 aromatic rings. The fraction of sp³-hybridized carbons (Fsp3) is 0.417. The Morgan fingerprint density at radius 3 is 3.00 bits per heavy atom. The maximum absolute atomic E-state index is 5.98. The van der Waals surface area contributed by atoms with Gasteiger partial charge >= 0.3 is 0 Å². The second-order valence-electron chi connectivity index (χ2n) is 4.16. The van der Waals surface area contributed by atoms with Crippen LogP contribution in [0.1, 0.15) is 29.5 Å². The minimum absolute atomic E-state index is 0.430. The van der Waals surface area contributed by atoms with Crippen LogP contribution in [-0.4, -0.2) is 12.0 Å². The smallest absolute Gasteiger partial charge is 0.134 e. The predicted molar refractivity (Wildman–Crippen MR) is 75.2 cm³/mol. The first-order valence-corrected chi connectivity index (χ1v) is 7.71.